The predicted molar refractivity (Wildman–Crippen MR) is 87.2 cm³/mol. The van der Waals surface area contributed by atoms with Gasteiger partial charge >= 0.3 is 0 Å². The maximum atomic E-state index is 2.44. The number of rotatable bonds is 0. The van der Waals surface area contributed by atoms with Crippen molar-refractivity contribution in [1.29, 1.82) is 0 Å². The Kier molecular flexibility index (Phi) is 3.42. The number of thiophene rings is 1. The zero-order valence-corrected chi connectivity index (χ0v) is 13.0. The molecule has 1 aromatic heterocycles. The lowest BCUT2D eigenvalue weighted by Gasteiger charge is -2.19. The molecule has 0 atom stereocenters. The summed E-state index contributed by atoms with van der Waals surface area (Å²) < 4.78 is 1.50. The fourth-order valence-electron chi connectivity index (χ4n) is 3.22. The molecule has 1 fully saturated rings. The van der Waals surface area contributed by atoms with Gasteiger partial charge in [-0.3, -0.25) is 0 Å². The second-order valence-electron chi connectivity index (χ2n) is 5.41. The summed E-state index contributed by atoms with van der Waals surface area (Å²) in [5.41, 5.74) is 7.69. The van der Waals surface area contributed by atoms with Crippen molar-refractivity contribution >= 4 is 28.7 Å². The first-order valence-electron chi connectivity index (χ1n) is 7.26. The molecule has 2 aromatic rings. The first kappa shape index (κ1) is 12.7. The number of thioether (sulfide) groups is 1. The Morgan fingerprint density at radius 3 is 2.70 bits per heavy atom. The number of benzene rings is 1. The third-order valence-corrected chi connectivity index (χ3v) is 6.48. The second kappa shape index (κ2) is 5.40. The van der Waals surface area contributed by atoms with Crippen molar-refractivity contribution in [2.75, 3.05) is 13.1 Å². The normalized spacial score (nSPS) is 18.4. The Bertz CT molecular complexity index is 661. The Morgan fingerprint density at radius 1 is 0.950 bits per heavy atom. The van der Waals surface area contributed by atoms with Crippen molar-refractivity contribution in [2.45, 2.75) is 22.8 Å². The van der Waals surface area contributed by atoms with Crippen molar-refractivity contribution in [1.82, 2.24) is 0 Å². The summed E-state index contributed by atoms with van der Waals surface area (Å²) in [4.78, 5) is 0. The van der Waals surface area contributed by atoms with Gasteiger partial charge in [-0.25, -0.2) is 0 Å². The molecule has 1 saturated heterocycles. The fourth-order valence-corrected chi connectivity index (χ4v) is 5.33. The third-order valence-electron chi connectivity index (χ3n) is 4.20. The highest BCUT2D eigenvalue weighted by molar-refractivity contribution is 8.00. The van der Waals surface area contributed by atoms with E-state index in [1.54, 1.807) is 11.1 Å². The molecule has 0 bridgehead atoms. The summed E-state index contributed by atoms with van der Waals surface area (Å²) in [6.07, 6.45) is 2.48. The molecule has 0 spiro atoms. The molecular formula is C17H18NS2+. The van der Waals surface area contributed by atoms with E-state index in [0.717, 1.165) is 5.75 Å². The van der Waals surface area contributed by atoms with E-state index in [-0.39, 0.29) is 0 Å². The smallest absolute Gasteiger partial charge is 0.0793 e. The van der Waals surface area contributed by atoms with E-state index in [2.05, 4.69) is 41.0 Å². The van der Waals surface area contributed by atoms with Gasteiger partial charge in [-0.2, -0.15) is 0 Å². The van der Waals surface area contributed by atoms with E-state index in [1.165, 1.54) is 46.8 Å². The minimum absolute atomic E-state index is 1.10. The summed E-state index contributed by atoms with van der Waals surface area (Å²) in [5, 5.41) is 4.69. The standard InChI is InChI=1S/C17H17NS2/c1-2-4-14-13(3-1)11-20-17-15(7-10-19-17)16(14)12-5-8-18-9-6-12/h1-4,7,10,18H,5-6,8-9,11H2/p+1. The van der Waals surface area contributed by atoms with Crippen molar-refractivity contribution < 1.29 is 5.32 Å². The predicted octanol–water partition coefficient (Wildman–Crippen LogP) is 3.51. The van der Waals surface area contributed by atoms with Crippen LogP contribution in [0.1, 0.15) is 29.5 Å². The molecule has 0 unspecified atom stereocenters. The van der Waals surface area contributed by atoms with E-state index in [0.29, 0.717) is 0 Å². The Morgan fingerprint density at radius 2 is 1.80 bits per heavy atom. The molecule has 0 aliphatic carbocycles. The molecule has 1 nitrogen and oxygen atoms in total. The second-order valence-corrected chi connectivity index (χ2v) is 7.57. The molecule has 2 N–H and O–H groups in total. The van der Waals surface area contributed by atoms with E-state index in [4.69, 9.17) is 0 Å². The molecule has 2 aliphatic heterocycles. The lowest BCUT2D eigenvalue weighted by atomic mass is 9.88. The average molecular weight is 300 g/mol. The van der Waals surface area contributed by atoms with E-state index < -0.39 is 0 Å². The van der Waals surface area contributed by atoms with Gasteiger partial charge in [-0.05, 0) is 28.1 Å². The quantitative estimate of drug-likeness (QED) is 0.787. The van der Waals surface area contributed by atoms with E-state index >= 15 is 0 Å². The first-order chi connectivity index (χ1) is 9.93. The molecule has 102 valence electrons. The van der Waals surface area contributed by atoms with Gasteiger partial charge in [-0.1, -0.05) is 29.8 Å². The number of nitrogens with two attached hydrogens (primary N) is 1. The van der Waals surface area contributed by atoms with Crippen molar-refractivity contribution in [2.24, 2.45) is 0 Å². The highest BCUT2D eigenvalue weighted by atomic mass is 32.2. The Labute approximate surface area is 128 Å². The topological polar surface area (TPSA) is 16.6 Å². The molecule has 0 radical (unpaired) electrons. The third kappa shape index (κ3) is 2.14. The highest BCUT2D eigenvalue weighted by Crippen LogP contribution is 2.44. The SMILES string of the molecule is c1ccc2c(c1)CSc1sccc1C2=C1CC[NH2+]CC1. The zero-order chi connectivity index (χ0) is 13.4. The summed E-state index contributed by atoms with van der Waals surface area (Å²) >= 11 is 3.90. The average Bonchev–Trinajstić information content (AvgIpc) is 2.90. The number of fused-ring (bicyclic) bond motifs is 2. The van der Waals surface area contributed by atoms with E-state index in [1.807, 2.05) is 23.1 Å². The van der Waals surface area contributed by atoms with Gasteiger partial charge in [0.1, 0.15) is 0 Å². The van der Waals surface area contributed by atoms with Gasteiger partial charge in [0, 0.05) is 24.2 Å². The van der Waals surface area contributed by atoms with Crippen molar-refractivity contribution in [3.05, 3.63) is 58.0 Å². The monoisotopic (exact) mass is 300 g/mol. The minimum atomic E-state index is 1.10. The maximum Gasteiger partial charge on any atom is 0.0793 e. The summed E-state index contributed by atoms with van der Waals surface area (Å²) in [6, 6.07) is 11.3. The first-order valence-corrected chi connectivity index (χ1v) is 9.12. The summed E-state index contributed by atoms with van der Waals surface area (Å²) in [5.74, 6) is 1.10. The number of quaternary nitrogens is 1. The van der Waals surface area contributed by atoms with Gasteiger partial charge in [0.05, 0.1) is 17.3 Å². The zero-order valence-electron chi connectivity index (χ0n) is 11.4. The fraction of sp³-hybridized carbons (Fsp3) is 0.294. The molecule has 3 heterocycles. The van der Waals surface area contributed by atoms with E-state index in [9.17, 15) is 0 Å². The van der Waals surface area contributed by atoms with Crippen LogP contribution in [-0.4, -0.2) is 13.1 Å². The van der Waals surface area contributed by atoms with Crippen LogP contribution in [-0.2, 0) is 5.75 Å². The molecular weight excluding hydrogens is 282 g/mol. The van der Waals surface area contributed by atoms with Crippen LogP contribution >= 0.6 is 23.1 Å². The summed E-state index contributed by atoms with van der Waals surface area (Å²) in [7, 11) is 0. The number of hydrogen-bond acceptors (Lipinski definition) is 2. The van der Waals surface area contributed by atoms with Crippen LogP contribution < -0.4 is 5.32 Å². The molecule has 4 rings (SSSR count). The number of piperidine rings is 1. The highest BCUT2D eigenvalue weighted by Gasteiger charge is 2.23. The molecule has 0 amide bonds. The van der Waals surface area contributed by atoms with Crippen LogP contribution in [0.4, 0.5) is 0 Å². The minimum Gasteiger partial charge on any atom is -0.346 e. The molecule has 3 heteroatoms. The summed E-state index contributed by atoms with van der Waals surface area (Å²) in [6.45, 7) is 2.49. The van der Waals surface area contributed by atoms with Crippen LogP contribution in [0, 0.1) is 0 Å². The van der Waals surface area contributed by atoms with Gasteiger partial charge < -0.3 is 5.32 Å². The Hall–Kier alpha value is -1.03. The molecule has 1 aromatic carbocycles. The molecule has 2 aliphatic rings. The van der Waals surface area contributed by atoms with Crippen LogP contribution in [0.3, 0.4) is 0 Å². The number of hydrogen-bond donors (Lipinski definition) is 1. The van der Waals surface area contributed by atoms with Gasteiger partial charge in [0.25, 0.3) is 0 Å². The largest absolute Gasteiger partial charge is 0.346 e. The van der Waals surface area contributed by atoms with Crippen LogP contribution in [0.15, 0.2) is 45.5 Å². The lowest BCUT2D eigenvalue weighted by molar-refractivity contribution is -0.658. The lowest BCUT2D eigenvalue weighted by Crippen LogP contribution is -2.85. The van der Waals surface area contributed by atoms with Crippen LogP contribution in [0.5, 0.6) is 0 Å². The maximum absolute atomic E-state index is 2.44. The van der Waals surface area contributed by atoms with Gasteiger partial charge in [-0.15, -0.1) is 23.1 Å². The van der Waals surface area contributed by atoms with Gasteiger partial charge in [0.2, 0.25) is 0 Å². The molecule has 0 saturated carbocycles. The van der Waals surface area contributed by atoms with Crippen LogP contribution in [0.2, 0.25) is 0 Å². The van der Waals surface area contributed by atoms with Crippen LogP contribution in [0.25, 0.3) is 5.57 Å². The van der Waals surface area contributed by atoms with Crippen molar-refractivity contribution in [3.63, 3.8) is 0 Å². The van der Waals surface area contributed by atoms with Gasteiger partial charge in [0.15, 0.2) is 0 Å². The molecule has 20 heavy (non-hydrogen) atoms. The Balaban J connectivity index is 1.96. The van der Waals surface area contributed by atoms with Crippen molar-refractivity contribution in [3.8, 4) is 0 Å².